The maximum Gasteiger partial charge on any atom is 0.118 e. The Morgan fingerprint density at radius 2 is 2.00 bits per heavy atom. The van der Waals surface area contributed by atoms with Crippen molar-refractivity contribution in [2.24, 2.45) is 12.8 Å². The Labute approximate surface area is 101 Å². The van der Waals surface area contributed by atoms with Gasteiger partial charge in [-0.1, -0.05) is 0 Å². The molecular formula is C13H17N3O. The van der Waals surface area contributed by atoms with E-state index in [9.17, 15) is 0 Å². The smallest absolute Gasteiger partial charge is 0.118 e. The molecule has 1 aromatic heterocycles. The molecule has 0 aliphatic rings. The van der Waals surface area contributed by atoms with E-state index in [4.69, 9.17) is 10.5 Å². The molecule has 0 spiro atoms. The first kappa shape index (κ1) is 11.7. The van der Waals surface area contributed by atoms with Crippen molar-refractivity contribution < 1.29 is 4.74 Å². The summed E-state index contributed by atoms with van der Waals surface area (Å²) in [5, 5.41) is 0. The van der Waals surface area contributed by atoms with Crippen LogP contribution in [0.5, 0.6) is 5.75 Å². The van der Waals surface area contributed by atoms with Crippen LogP contribution in [-0.4, -0.2) is 23.2 Å². The van der Waals surface area contributed by atoms with Gasteiger partial charge < -0.3 is 15.0 Å². The fourth-order valence-electron chi connectivity index (χ4n) is 1.88. The number of hydrogen-bond acceptors (Lipinski definition) is 3. The largest absolute Gasteiger partial charge is 0.497 e. The van der Waals surface area contributed by atoms with Crippen molar-refractivity contribution in [2.75, 3.05) is 13.7 Å². The van der Waals surface area contributed by atoms with Gasteiger partial charge in [-0.25, -0.2) is 4.98 Å². The summed E-state index contributed by atoms with van der Waals surface area (Å²) in [6.45, 7) is 0.628. The van der Waals surface area contributed by atoms with Crippen molar-refractivity contribution in [1.29, 1.82) is 0 Å². The van der Waals surface area contributed by atoms with Gasteiger partial charge in [0.05, 0.1) is 19.1 Å². The lowest BCUT2D eigenvalue weighted by Gasteiger charge is -2.05. The van der Waals surface area contributed by atoms with E-state index in [0.29, 0.717) is 6.54 Å². The molecule has 0 radical (unpaired) electrons. The van der Waals surface area contributed by atoms with E-state index in [1.54, 1.807) is 7.11 Å². The third kappa shape index (κ3) is 2.31. The van der Waals surface area contributed by atoms with Gasteiger partial charge in [0, 0.05) is 24.7 Å². The van der Waals surface area contributed by atoms with E-state index in [2.05, 4.69) is 4.98 Å². The lowest BCUT2D eigenvalue weighted by Crippen LogP contribution is -2.07. The van der Waals surface area contributed by atoms with Crippen LogP contribution in [0.3, 0.4) is 0 Å². The minimum Gasteiger partial charge on any atom is -0.497 e. The quantitative estimate of drug-likeness (QED) is 0.869. The maximum absolute atomic E-state index is 5.62. The van der Waals surface area contributed by atoms with Crippen molar-refractivity contribution in [3.8, 4) is 17.0 Å². The van der Waals surface area contributed by atoms with Gasteiger partial charge in [0.15, 0.2) is 0 Å². The van der Waals surface area contributed by atoms with Gasteiger partial charge in [0.25, 0.3) is 0 Å². The first-order valence-electron chi connectivity index (χ1n) is 5.61. The van der Waals surface area contributed by atoms with Crippen molar-refractivity contribution in [1.82, 2.24) is 9.55 Å². The summed E-state index contributed by atoms with van der Waals surface area (Å²) in [4.78, 5) is 4.43. The van der Waals surface area contributed by atoms with Crippen molar-refractivity contribution >= 4 is 0 Å². The average Bonchev–Trinajstić information content (AvgIpc) is 2.72. The fraction of sp³-hybridized carbons (Fsp3) is 0.308. The van der Waals surface area contributed by atoms with Gasteiger partial charge in [-0.3, -0.25) is 0 Å². The third-order valence-corrected chi connectivity index (χ3v) is 2.80. The number of aromatic nitrogens is 2. The Hall–Kier alpha value is -1.81. The average molecular weight is 231 g/mol. The highest BCUT2D eigenvalue weighted by molar-refractivity contribution is 5.62. The highest BCUT2D eigenvalue weighted by Crippen LogP contribution is 2.24. The highest BCUT2D eigenvalue weighted by Gasteiger charge is 2.10. The van der Waals surface area contributed by atoms with Gasteiger partial charge in [0.2, 0.25) is 0 Å². The lowest BCUT2D eigenvalue weighted by atomic mass is 10.1. The Kier molecular flexibility index (Phi) is 3.44. The highest BCUT2D eigenvalue weighted by atomic mass is 16.5. The van der Waals surface area contributed by atoms with Crippen LogP contribution in [0.15, 0.2) is 30.6 Å². The van der Waals surface area contributed by atoms with Crippen LogP contribution in [-0.2, 0) is 13.5 Å². The predicted octanol–water partition coefficient (Wildman–Crippen LogP) is 1.60. The molecule has 0 bridgehead atoms. The normalized spacial score (nSPS) is 10.5. The molecule has 0 unspecified atom stereocenters. The van der Waals surface area contributed by atoms with Gasteiger partial charge in [-0.15, -0.1) is 0 Å². The summed E-state index contributed by atoms with van der Waals surface area (Å²) in [6, 6.07) is 7.91. The summed E-state index contributed by atoms with van der Waals surface area (Å²) < 4.78 is 7.16. The molecule has 0 amide bonds. The summed E-state index contributed by atoms with van der Waals surface area (Å²) in [5.41, 5.74) is 8.88. The third-order valence-electron chi connectivity index (χ3n) is 2.80. The molecule has 4 heteroatoms. The Morgan fingerprint density at radius 3 is 2.59 bits per heavy atom. The molecule has 4 nitrogen and oxygen atoms in total. The Morgan fingerprint density at radius 1 is 1.29 bits per heavy atom. The van der Waals surface area contributed by atoms with E-state index in [0.717, 1.165) is 29.1 Å². The van der Waals surface area contributed by atoms with E-state index in [-0.39, 0.29) is 0 Å². The first-order valence-corrected chi connectivity index (χ1v) is 5.61. The number of nitrogens with two attached hydrogens (primary N) is 1. The zero-order valence-electron chi connectivity index (χ0n) is 10.2. The molecular weight excluding hydrogens is 214 g/mol. The zero-order valence-corrected chi connectivity index (χ0v) is 10.2. The monoisotopic (exact) mass is 231 g/mol. The molecule has 1 heterocycles. The van der Waals surface area contributed by atoms with Crippen molar-refractivity contribution in [2.45, 2.75) is 6.42 Å². The number of imidazole rings is 1. The summed E-state index contributed by atoms with van der Waals surface area (Å²) in [5.74, 6) is 0.852. The molecule has 0 atom stereocenters. The first-order chi connectivity index (χ1) is 8.26. The van der Waals surface area contributed by atoms with Gasteiger partial charge in [-0.2, -0.15) is 0 Å². The topological polar surface area (TPSA) is 53.1 Å². The van der Waals surface area contributed by atoms with Crippen LogP contribution in [0.25, 0.3) is 11.3 Å². The summed E-state index contributed by atoms with van der Waals surface area (Å²) in [7, 11) is 3.65. The second kappa shape index (κ2) is 5.01. The fourth-order valence-corrected chi connectivity index (χ4v) is 1.88. The molecule has 0 saturated heterocycles. The minimum atomic E-state index is 0.628. The molecule has 2 rings (SSSR count). The second-order valence-corrected chi connectivity index (χ2v) is 3.92. The van der Waals surface area contributed by atoms with E-state index >= 15 is 0 Å². The predicted molar refractivity (Wildman–Crippen MR) is 68.0 cm³/mol. The maximum atomic E-state index is 5.62. The lowest BCUT2D eigenvalue weighted by molar-refractivity contribution is 0.415. The van der Waals surface area contributed by atoms with Crippen LogP contribution in [0.2, 0.25) is 0 Å². The number of benzene rings is 1. The number of aryl methyl sites for hydroxylation is 1. The standard InChI is InChI=1S/C13H17N3O/c1-16-9-15-13(12(16)7-8-14)10-3-5-11(17-2)6-4-10/h3-6,9H,7-8,14H2,1-2H3. The molecule has 0 aliphatic heterocycles. The molecule has 0 fully saturated rings. The molecule has 2 aromatic rings. The Bertz CT molecular complexity index is 488. The SMILES string of the molecule is COc1ccc(-c2ncn(C)c2CCN)cc1. The molecule has 0 aliphatic carbocycles. The summed E-state index contributed by atoms with van der Waals surface area (Å²) >= 11 is 0. The molecule has 90 valence electrons. The van der Waals surface area contributed by atoms with Gasteiger partial charge >= 0.3 is 0 Å². The van der Waals surface area contributed by atoms with E-state index in [1.165, 1.54) is 0 Å². The van der Waals surface area contributed by atoms with Gasteiger partial charge in [0.1, 0.15) is 5.75 Å². The van der Waals surface area contributed by atoms with Crippen LogP contribution in [0.4, 0.5) is 0 Å². The number of hydrogen-bond donors (Lipinski definition) is 1. The molecule has 1 aromatic carbocycles. The number of rotatable bonds is 4. The second-order valence-electron chi connectivity index (χ2n) is 3.92. The molecule has 2 N–H and O–H groups in total. The minimum absolute atomic E-state index is 0.628. The van der Waals surface area contributed by atoms with Gasteiger partial charge in [-0.05, 0) is 30.8 Å². The van der Waals surface area contributed by atoms with Crippen molar-refractivity contribution in [3.63, 3.8) is 0 Å². The number of methoxy groups -OCH3 is 1. The number of ether oxygens (including phenoxy) is 1. The Balaban J connectivity index is 2.38. The molecule has 0 saturated carbocycles. The van der Waals surface area contributed by atoms with E-state index < -0.39 is 0 Å². The van der Waals surface area contributed by atoms with E-state index in [1.807, 2.05) is 42.2 Å². The van der Waals surface area contributed by atoms with Crippen LogP contribution in [0.1, 0.15) is 5.69 Å². The summed E-state index contributed by atoms with van der Waals surface area (Å²) in [6.07, 6.45) is 2.66. The van der Waals surface area contributed by atoms with Crippen LogP contribution >= 0.6 is 0 Å². The number of nitrogens with zero attached hydrogens (tertiary/aromatic N) is 2. The van der Waals surface area contributed by atoms with Crippen LogP contribution < -0.4 is 10.5 Å². The zero-order chi connectivity index (χ0) is 12.3. The van der Waals surface area contributed by atoms with Crippen molar-refractivity contribution in [3.05, 3.63) is 36.3 Å². The van der Waals surface area contributed by atoms with Crippen LogP contribution in [0, 0.1) is 0 Å². The molecule has 17 heavy (non-hydrogen) atoms.